The Kier molecular flexibility index (Phi) is 5.64. The fraction of sp³-hybridized carbons (Fsp3) is 0.333. The van der Waals surface area contributed by atoms with Gasteiger partial charge in [-0.1, -0.05) is 41.6 Å². The number of rotatable bonds is 6. The Morgan fingerprint density at radius 3 is 2.48 bits per heavy atom. The lowest BCUT2D eigenvalue weighted by Gasteiger charge is -2.33. The van der Waals surface area contributed by atoms with Crippen LogP contribution < -0.4 is 0 Å². The first-order valence-corrected chi connectivity index (χ1v) is 9.65. The Hall–Kier alpha value is -3.10. The molecule has 29 heavy (non-hydrogen) atoms. The summed E-state index contributed by atoms with van der Waals surface area (Å²) in [5.41, 5.74) is 3.22. The van der Waals surface area contributed by atoms with Crippen molar-refractivity contribution in [3.63, 3.8) is 0 Å². The number of nitrogens with zero attached hydrogens (tertiary/aromatic N) is 5. The van der Waals surface area contributed by atoms with Crippen LogP contribution in [0.4, 0.5) is 5.69 Å². The number of aromatic nitrogens is 2. The van der Waals surface area contributed by atoms with Crippen molar-refractivity contribution < 1.29 is 9.45 Å². The zero-order valence-electron chi connectivity index (χ0n) is 16.3. The molecule has 0 aliphatic carbocycles. The zero-order valence-corrected chi connectivity index (χ0v) is 16.3. The third kappa shape index (κ3) is 4.67. The van der Waals surface area contributed by atoms with Crippen LogP contribution >= 0.6 is 0 Å². The molecule has 1 fully saturated rings. The van der Waals surface area contributed by atoms with Gasteiger partial charge in [-0.15, -0.1) is 0 Å². The lowest BCUT2D eigenvalue weighted by Crippen LogP contribution is -2.45. The summed E-state index contributed by atoms with van der Waals surface area (Å²) in [4.78, 5) is 19.7. The molecule has 0 saturated carbocycles. The second kappa shape index (κ2) is 8.50. The molecule has 2 aromatic carbocycles. The average molecular weight is 393 g/mol. The van der Waals surface area contributed by atoms with Crippen molar-refractivity contribution >= 4 is 5.69 Å². The summed E-state index contributed by atoms with van der Waals surface area (Å²) < 4.78 is 5.45. The van der Waals surface area contributed by atoms with E-state index in [1.807, 2.05) is 37.3 Å². The van der Waals surface area contributed by atoms with Crippen LogP contribution in [-0.4, -0.2) is 51.0 Å². The minimum atomic E-state index is -0.350. The number of nitro benzene ring substituents is 1. The molecule has 8 nitrogen and oxygen atoms in total. The summed E-state index contributed by atoms with van der Waals surface area (Å²) >= 11 is 0. The number of aryl methyl sites for hydroxylation is 1. The zero-order chi connectivity index (χ0) is 20.2. The molecule has 150 valence electrons. The van der Waals surface area contributed by atoms with Gasteiger partial charge in [0, 0.05) is 50.4 Å². The number of nitro groups is 1. The summed E-state index contributed by atoms with van der Waals surface area (Å²) in [6.45, 7) is 6.93. The monoisotopic (exact) mass is 393 g/mol. The Balaban J connectivity index is 1.31. The summed E-state index contributed by atoms with van der Waals surface area (Å²) in [6.07, 6.45) is 0. The minimum absolute atomic E-state index is 0.141. The Morgan fingerprint density at radius 1 is 1.03 bits per heavy atom. The molecular formula is C21H23N5O3. The maximum atomic E-state index is 10.9. The maximum absolute atomic E-state index is 10.9. The molecule has 0 N–H and O–H groups in total. The van der Waals surface area contributed by atoms with Crippen LogP contribution in [0.25, 0.3) is 11.4 Å². The number of piperazine rings is 1. The van der Waals surface area contributed by atoms with E-state index < -0.39 is 0 Å². The van der Waals surface area contributed by atoms with Crippen molar-refractivity contribution in [1.82, 2.24) is 19.9 Å². The Labute approximate surface area is 168 Å². The van der Waals surface area contributed by atoms with E-state index in [-0.39, 0.29) is 10.6 Å². The molecule has 0 radical (unpaired) electrons. The van der Waals surface area contributed by atoms with Crippen LogP contribution in [0.15, 0.2) is 53.1 Å². The summed E-state index contributed by atoms with van der Waals surface area (Å²) in [5.74, 6) is 1.25. The minimum Gasteiger partial charge on any atom is -0.338 e. The van der Waals surface area contributed by atoms with Crippen molar-refractivity contribution in [3.05, 3.63) is 75.7 Å². The molecule has 8 heteroatoms. The standard InChI is InChI=1S/C21H23N5O3/c1-16-5-2-3-8-19(16)21-22-20(29-23-21)15-25-11-9-24(10-12-25)14-17-6-4-7-18(13-17)26(27)28/h2-8,13H,9-12,14-15H2,1H3. The van der Waals surface area contributed by atoms with E-state index in [1.54, 1.807) is 12.1 Å². The quantitative estimate of drug-likeness (QED) is 0.469. The average Bonchev–Trinajstić information content (AvgIpc) is 3.18. The van der Waals surface area contributed by atoms with E-state index in [4.69, 9.17) is 4.52 Å². The predicted molar refractivity (Wildman–Crippen MR) is 108 cm³/mol. The number of hydrogen-bond donors (Lipinski definition) is 0. The molecule has 4 rings (SSSR count). The van der Waals surface area contributed by atoms with Gasteiger partial charge in [-0.3, -0.25) is 19.9 Å². The van der Waals surface area contributed by atoms with Gasteiger partial charge in [0.15, 0.2) is 0 Å². The van der Waals surface area contributed by atoms with E-state index in [1.165, 1.54) is 6.07 Å². The van der Waals surface area contributed by atoms with Gasteiger partial charge in [0.05, 0.1) is 11.5 Å². The van der Waals surface area contributed by atoms with Crippen LogP contribution in [0.3, 0.4) is 0 Å². The van der Waals surface area contributed by atoms with Crippen LogP contribution in [-0.2, 0) is 13.1 Å². The molecule has 1 saturated heterocycles. The van der Waals surface area contributed by atoms with Gasteiger partial charge in [0.2, 0.25) is 11.7 Å². The van der Waals surface area contributed by atoms with Crippen molar-refractivity contribution in [2.75, 3.05) is 26.2 Å². The second-order valence-corrected chi connectivity index (χ2v) is 7.31. The second-order valence-electron chi connectivity index (χ2n) is 7.31. The predicted octanol–water partition coefficient (Wildman–Crippen LogP) is 3.27. The van der Waals surface area contributed by atoms with Gasteiger partial charge in [0.25, 0.3) is 5.69 Å². The molecule has 0 bridgehead atoms. The van der Waals surface area contributed by atoms with Gasteiger partial charge in [0.1, 0.15) is 0 Å². The lowest BCUT2D eigenvalue weighted by molar-refractivity contribution is -0.384. The SMILES string of the molecule is Cc1ccccc1-c1noc(CN2CCN(Cc3cccc([N+](=O)[O-])c3)CC2)n1. The van der Waals surface area contributed by atoms with Crippen molar-refractivity contribution in [2.24, 2.45) is 0 Å². The van der Waals surface area contributed by atoms with E-state index in [0.29, 0.717) is 24.8 Å². The molecule has 1 aliphatic heterocycles. The normalized spacial score (nSPS) is 15.5. The number of non-ortho nitro benzene ring substituents is 1. The highest BCUT2D eigenvalue weighted by molar-refractivity contribution is 5.58. The van der Waals surface area contributed by atoms with E-state index in [2.05, 4.69) is 19.9 Å². The summed E-state index contributed by atoms with van der Waals surface area (Å²) in [7, 11) is 0. The smallest absolute Gasteiger partial charge is 0.269 e. The van der Waals surface area contributed by atoms with Gasteiger partial charge in [-0.25, -0.2) is 0 Å². The first-order valence-electron chi connectivity index (χ1n) is 9.65. The largest absolute Gasteiger partial charge is 0.338 e. The number of benzene rings is 2. The molecule has 0 amide bonds. The summed E-state index contributed by atoms with van der Waals surface area (Å²) in [5, 5.41) is 15.1. The van der Waals surface area contributed by atoms with Crippen molar-refractivity contribution in [1.29, 1.82) is 0 Å². The molecule has 1 aromatic heterocycles. The van der Waals surface area contributed by atoms with Gasteiger partial charge in [-0.2, -0.15) is 4.98 Å². The first kappa shape index (κ1) is 19.2. The molecule has 1 aliphatic rings. The van der Waals surface area contributed by atoms with Crippen LogP contribution in [0.2, 0.25) is 0 Å². The van der Waals surface area contributed by atoms with E-state index >= 15 is 0 Å². The first-order chi connectivity index (χ1) is 14.1. The van der Waals surface area contributed by atoms with E-state index in [0.717, 1.165) is 42.9 Å². The highest BCUT2D eigenvalue weighted by Gasteiger charge is 2.20. The fourth-order valence-corrected chi connectivity index (χ4v) is 3.58. The molecule has 3 aromatic rings. The third-order valence-electron chi connectivity index (χ3n) is 5.21. The summed E-state index contributed by atoms with van der Waals surface area (Å²) in [6, 6.07) is 14.8. The Bertz CT molecular complexity index is 995. The van der Waals surface area contributed by atoms with Gasteiger partial charge in [-0.05, 0) is 18.1 Å². The van der Waals surface area contributed by atoms with Gasteiger partial charge < -0.3 is 4.52 Å². The molecule has 0 atom stereocenters. The highest BCUT2D eigenvalue weighted by atomic mass is 16.6. The van der Waals surface area contributed by atoms with Crippen LogP contribution in [0, 0.1) is 17.0 Å². The number of hydrogen-bond acceptors (Lipinski definition) is 7. The fourth-order valence-electron chi connectivity index (χ4n) is 3.58. The third-order valence-corrected chi connectivity index (χ3v) is 5.21. The van der Waals surface area contributed by atoms with Crippen molar-refractivity contribution in [2.45, 2.75) is 20.0 Å². The molecule has 2 heterocycles. The maximum Gasteiger partial charge on any atom is 0.269 e. The van der Waals surface area contributed by atoms with E-state index in [9.17, 15) is 10.1 Å². The lowest BCUT2D eigenvalue weighted by atomic mass is 10.1. The van der Waals surface area contributed by atoms with Crippen LogP contribution in [0.1, 0.15) is 17.0 Å². The van der Waals surface area contributed by atoms with Crippen molar-refractivity contribution in [3.8, 4) is 11.4 Å². The van der Waals surface area contributed by atoms with Gasteiger partial charge >= 0.3 is 0 Å². The topological polar surface area (TPSA) is 88.5 Å². The van der Waals surface area contributed by atoms with Crippen LogP contribution in [0.5, 0.6) is 0 Å². The Morgan fingerprint density at radius 2 is 1.76 bits per heavy atom. The molecule has 0 unspecified atom stereocenters. The highest BCUT2D eigenvalue weighted by Crippen LogP contribution is 2.21. The molecule has 0 spiro atoms. The molecular weight excluding hydrogens is 370 g/mol.